The van der Waals surface area contributed by atoms with Crippen molar-refractivity contribution < 1.29 is 8.42 Å². The lowest BCUT2D eigenvalue weighted by molar-refractivity contribution is 0.579. The lowest BCUT2D eigenvalue weighted by Gasteiger charge is -2.08. The van der Waals surface area contributed by atoms with Gasteiger partial charge in [0.05, 0.1) is 11.4 Å². The first-order valence-corrected chi connectivity index (χ1v) is 7.29. The summed E-state index contributed by atoms with van der Waals surface area (Å²) in [6, 6.07) is 4.91. The Hall–Kier alpha value is -1.70. The molecule has 7 heteroatoms. The van der Waals surface area contributed by atoms with Gasteiger partial charge in [0.1, 0.15) is 5.82 Å². The molecule has 2 rings (SSSR count). The van der Waals surface area contributed by atoms with Crippen molar-refractivity contribution in [2.24, 2.45) is 5.73 Å². The van der Waals surface area contributed by atoms with Crippen LogP contribution >= 0.6 is 0 Å². The number of imidazole rings is 1. The Morgan fingerprint density at radius 3 is 2.79 bits per heavy atom. The minimum Gasteiger partial charge on any atom is -0.347 e. The Kier molecular flexibility index (Phi) is 3.98. The maximum Gasteiger partial charge on any atom is 0.240 e. The van der Waals surface area contributed by atoms with Crippen molar-refractivity contribution in [3.8, 4) is 0 Å². The Bertz CT molecular complexity index is 650. The van der Waals surface area contributed by atoms with E-state index < -0.39 is 10.0 Å². The molecule has 0 aliphatic rings. The number of aromatic nitrogens is 2. The van der Waals surface area contributed by atoms with Gasteiger partial charge >= 0.3 is 0 Å². The molecule has 0 unspecified atom stereocenters. The number of aromatic amines is 1. The quantitative estimate of drug-likeness (QED) is 0.748. The first kappa shape index (κ1) is 13.7. The van der Waals surface area contributed by atoms with E-state index in [1.807, 2.05) is 6.92 Å². The van der Waals surface area contributed by atoms with Crippen LogP contribution in [0.3, 0.4) is 0 Å². The van der Waals surface area contributed by atoms with E-state index >= 15 is 0 Å². The highest BCUT2D eigenvalue weighted by Crippen LogP contribution is 2.15. The Morgan fingerprint density at radius 1 is 1.42 bits per heavy atom. The van der Waals surface area contributed by atoms with E-state index in [9.17, 15) is 8.42 Å². The van der Waals surface area contributed by atoms with Crippen LogP contribution < -0.4 is 10.5 Å². The van der Waals surface area contributed by atoms with Crippen molar-refractivity contribution in [1.82, 2.24) is 14.7 Å². The summed E-state index contributed by atoms with van der Waals surface area (Å²) in [7, 11) is -3.53. The number of nitrogens with one attached hydrogen (secondary N) is 2. The van der Waals surface area contributed by atoms with Crippen molar-refractivity contribution in [2.45, 2.75) is 24.9 Å². The smallest absolute Gasteiger partial charge is 0.240 e. The Balaban J connectivity index is 2.17. The van der Waals surface area contributed by atoms with Gasteiger partial charge in [-0.3, -0.25) is 0 Å². The van der Waals surface area contributed by atoms with E-state index in [4.69, 9.17) is 5.73 Å². The average Bonchev–Trinajstić information content (AvgIpc) is 2.89. The van der Waals surface area contributed by atoms with E-state index in [1.54, 1.807) is 30.6 Å². The third kappa shape index (κ3) is 3.19. The average molecular weight is 280 g/mol. The van der Waals surface area contributed by atoms with Crippen LogP contribution in [0.1, 0.15) is 17.0 Å². The molecule has 0 amide bonds. The van der Waals surface area contributed by atoms with Gasteiger partial charge in [0, 0.05) is 18.9 Å². The zero-order valence-corrected chi connectivity index (χ0v) is 11.4. The summed E-state index contributed by atoms with van der Waals surface area (Å²) >= 11 is 0. The van der Waals surface area contributed by atoms with Crippen molar-refractivity contribution in [1.29, 1.82) is 0 Å². The molecule has 6 nitrogen and oxygen atoms in total. The van der Waals surface area contributed by atoms with Gasteiger partial charge in [-0.2, -0.15) is 0 Å². The first-order valence-electron chi connectivity index (χ1n) is 5.80. The number of hydrogen-bond donors (Lipinski definition) is 3. The maximum absolute atomic E-state index is 12.1. The maximum atomic E-state index is 12.1. The van der Waals surface area contributed by atoms with Gasteiger partial charge in [-0.05, 0) is 30.2 Å². The molecule has 0 fully saturated rings. The molecule has 0 saturated heterocycles. The largest absolute Gasteiger partial charge is 0.347 e. The van der Waals surface area contributed by atoms with Gasteiger partial charge in [-0.1, -0.05) is 6.07 Å². The lowest BCUT2D eigenvalue weighted by Crippen LogP contribution is -2.24. The number of sulfonamides is 1. The predicted octanol–water partition coefficient (Wildman–Crippen LogP) is 0.655. The molecule has 1 heterocycles. The number of aryl methyl sites for hydroxylation is 1. The van der Waals surface area contributed by atoms with E-state index in [1.165, 1.54) is 0 Å². The molecule has 0 atom stereocenters. The van der Waals surface area contributed by atoms with E-state index in [2.05, 4.69) is 14.7 Å². The molecule has 0 spiro atoms. The van der Waals surface area contributed by atoms with Crippen molar-refractivity contribution in [3.63, 3.8) is 0 Å². The number of nitrogens with two attached hydrogens (primary N) is 1. The summed E-state index contributed by atoms with van der Waals surface area (Å²) in [5.41, 5.74) is 7.35. The van der Waals surface area contributed by atoms with Crippen LogP contribution in [0, 0.1) is 6.92 Å². The van der Waals surface area contributed by atoms with Gasteiger partial charge in [-0.15, -0.1) is 0 Å². The standard InChI is InChI=1S/C12H16N4O2S/c1-9-6-11(3-2-10(9)7-13)19(17,18)16-8-12-14-4-5-15-12/h2-6,16H,7-8,13H2,1H3,(H,14,15). The summed E-state index contributed by atoms with van der Waals surface area (Å²) in [5, 5.41) is 0. The zero-order chi connectivity index (χ0) is 13.9. The predicted molar refractivity (Wildman–Crippen MR) is 71.7 cm³/mol. The second-order valence-corrected chi connectivity index (χ2v) is 5.92. The number of hydrogen-bond acceptors (Lipinski definition) is 4. The fourth-order valence-electron chi connectivity index (χ4n) is 1.71. The van der Waals surface area contributed by atoms with Gasteiger partial charge in [-0.25, -0.2) is 18.1 Å². The van der Waals surface area contributed by atoms with Gasteiger partial charge in [0.25, 0.3) is 0 Å². The second-order valence-electron chi connectivity index (χ2n) is 4.15. The van der Waals surface area contributed by atoms with Crippen LogP contribution in [0.5, 0.6) is 0 Å². The van der Waals surface area contributed by atoms with Gasteiger partial charge in [0.2, 0.25) is 10.0 Å². The van der Waals surface area contributed by atoms with E-state index in [0.29, 0.717) is 12.4 Å². The monoisotopic (exact) mass is 280 g/mol. The molecule has 1 aromatic heterocycles. The summed E-state index contributed by atoms with van der Waals surface area (Å²) in [4.78, 5) is 7.03. The molecule has 0 bridgehead atoms. The second kappa shape index (κ2) is 5.52. The SMILES string of the molecule is Cc1cc(S(=O)(=O)NCc2ncc[nH]2)ccc1CN. The summed E-state index contributed by atoms with van der Waals surface area (Å²) in [6.45, 7) is 2.37. The van der Waals surface area contributed by atoms with Gasteiger partial charge < -0.3 is 10.7 Å². The molecule has 0 aliphatic carbocycles. The number of H-pyrrole nitrogens is 1. The Morgan fingerprint density at radius 2 is 2.21 bits per heavy atom. The molecular formula is C12H16N4O2S. The van der Waals surface area contributed by atoms with Crippen LogP contribution in [0.4, 0.5) is 0 Å². The topological polar surface area (TPSA) is 101 Å². The third-order valence-corrected chi connectivity index (χ3v) is 4.23. The molecule has 102 valence electrons. The lowest BCUT2D eigenvalue weighted by atomic mass is 10.1. The zero-order valence-electron chi connectivity index (χ0n) is 10.6. The van der Waals surface area contributed by atoms with Crippen LogP contribution in [-0.2, 0) is 23.1 Å². The van der Waals surface area contributed by atoms with Crippen LogP contribution in [-0.4, -0.2) is 18.4 Å². The van der Waals surface area contributed by atoms with Crippen LogP contribution in [0.15, 0.2) is 35.5 Å². The summed E-state index contributed by atoms with van der Waals surface area (Å²) in [6.07, 6.45) is 3.22. The van der Waals surface area contributed by atoms with Crippen molar-refractivity contribution in [3.05, 3.63) is 47.5 Å². The molecule has 1 aromatic carbocycles. The van der Waals surface area contributed by atoms with Crippen molar-refractivity contribution >= 4 is 10.0 Å². The molecule has 2 aromatic rings. The molecular weight excluding hydrogens is 264 g/mol. The minimum absolute atomic E-state index is 0.132. The van der Waals surface area contributed by atoms with Gasteiger partial charge in [0.15, 0.2) is 0 Å². The minimum atomic E-state index is -3.53. The first-order chi connectivity index (χ1) is 9.03. The highest BCUT2D eigenvalue weighted by atomic mass is 32.2. The van der Waals surface area contributed by atoms with Crippen LogP contribution in [0.2, 0.25) is 0 Å². The molecule has 0 radical (unpaired) electrons. The molecule has 0 saturated carbocycles. The summed E-state index contributed by atoms with van der Waals surface area (Å²) in [5.74, 6) is 0.568. The van der Waals surface area contributed by atoms with Crippen LogP contribution in [0.25, 0.3) is 0 Å². The highest BCUT2D eigenvalue weighted by molar-refractivity contribution is 7.89. The summed E-state index contributed by atoms with van der Waals surface area (Å²) < 4.78 is 26.7. The third-order valence-electron chi connectivity index (χ3n) is 2.83. The number of rotatable bonds is 5. The Labute approximate surface area is 112 Å². The molecule has 4 N–H and O–H groups in total. The highest BCUT2D eigenvalue weighted by Gasteiger charge is 2.15. The number of benzene rings is 1. The normalized spacial score (nSPS) is 11.7. The van der Waals surface area contributed by atoms with E-state index in [0.717, 1.165) is 11.1 Å². The number of nitrogens with zero attached hydrogens (tertiary/aromatic N) is 1. The van der Waals surface area contributed by atoms with Crippen molar-refractivity contribution in [2.75, 3.05) is 0 Å². The fourth-order valence-corrected chi connectivity index (χ4v) is 2.78. The molecule has 19 heavy (non-hydrogen) atoms. The fraction of sp³-hybridized carbons (Fsp3) is 0.250. The van der Waals surface area contributed by atoms with E-state index in [-0.39, 0.29) is 11.4 Å². The molecule has 0 aliphatic heterocycles.